The topological polar surface area (TPSA) is 68.0 Å². The zero-order valence-corrected chi connectivity index (χ0v) is 13.2. The van der Waals surface area contributed by atoms with Crippen LogP contribution in [0.5, 0.6) is 0 Å². The lowest BCUT2D eigenvalue weighted by atomic mass is 9.78. The van der Waals surface area contributed by atoms with Crippen LogP contribution in [0, 0.1) is 12.3 Å². The zero-order valence-electron chi connectivity index (χ0n) is 12.4. The molecule has 0 bridgehead atoms. The van der Waals surface area contributed by atoms with Crippen LogP contribution in [0.3, 0.4) is 0 Å². The predicted molar refractivity (Wildman–Crippen MR) is 86.6 cm³/mol. The van der Waals surface area contributed by atoms with E-state index in [-0.39, 0.29) is 10.9 Å². The van der Waals surface area contributed by atoms with E-state index in [0.29, 0.717) is 18.7 Å². The Labute approximate surface area is 126 Å². The monoisotopic (exact) mass is 293 g/mol. The third-order valence-corrected chi connectivity index (χ3v) is 3.78. The second-order valence-corrected chi connectivity index (χ2v) is 5.50. The van der Waals surface area contributed by atoms with Crippen molar-refractivity contribution in [1.29, 1.82) is 0 Å². The van der Waals surface area contributed by atoms with Crippen LogP contribution in [0.2, 0.25) is 0 Å². The van der Waals surface area contributed by atoms with Gasteiger partial charge in [0.05, 0.1) is 10.4 Å². The van der Waals surface area contributed by atoms with Crippen LogP contribution in [0.15, 0.2) is 18.2 Å². The molecule has 0 radical (unpaired) electrons. The standard InChI is InChI=1S/C15H23N3OS/c1-4-9-15(10-5-2,13(16)20)14(19)18-12-8-6-7-11(3)17-12/h6-8H,4-5,9-10H2,1-3H3,(H2,16,20)(H,17,18,19). The lowest BCUT2D eigenvalue weighted by molar-refractivity contribution is -0.122. The molecule has 5 heteroatoms. The van der Waals surface area contributed by atoms with Crippen LogP contribution in [-0.2, 0) is 4.79 Å². The lowest BCUT2D eigenvalue weighted by Gasteiger charge is -2.30. The van der Waals surface area contributed by atoms with Gasteiger partial charge in [-0.05, 0) is 31.9 Å². The zero-order chi connectivity index (χ0) is 15.2. The van der Waals surface area contributed by atoms with Crippen LogP contribution in [0.25, 0.3) is 0 Å². The number of anilines is 1. The summed E-state index contributed by atoms with van der Waals surface area (Å²) in [5, 5.41) is 2.86. The highest BCUT2D eigenvalue weighted by atomic mass is 32.1. The molecule has 1 heterocycles. The number of aromatic nitrogens is 1. The van der Waals surface area contributed by atoms with Gasteiger partial charge in [0, 0.05) is 5.69 Å². The maximum Gasteiger partial charge on any atom is 0.238 e. The number of pyridine rings is 1. The molecule has 0 fully saturated rings. The van der Waals surface area contributed by atoms with Crippen molar-refractivity contribution in [3.05, 3.63) is 23.9 Å². The SMILES string of the molecule is CCCC(CCC)(C(=O)Nc1cccc(C)n1)C(N)=S. The molecule has 0 spiro atoms. The fourth-order valence-electron chi connectivity index (χ4n) is 2.41. The minimum Gasteiger partial charge on any atom is -0.392 e. The third-order valence-electron chi connectivity index (χ3n) is 3.39. The van der Waals surface area contributed by atoms with Gasteiger partial charge in [-0.3, -0.25) is 4.79 Å². The summed E-state index contributed by atoms with van der Waals surface area (Å²) in [6.07, 6.45) is 3.03. The highest BCUT2D eigenvalue weighted by molar-refractivity contribution is 7.80. The molecule has 0 aromatic carbocycles. The van der Waals surface area contributed by atoms with Crippen molar-refractivity contribution >= 4 is 28.9 Å². The fraction of sp³-hybridized carbons (Fsp3) is 0.533. The van der Waals surface area contributed by atoms with E-state index in [1.807, 2.05) is 32.9 Å². The van der Waals surface area contributed by atoms with E-state index in [9.17, 15) is 4.79 Å². The number of nitrogens with zero attached hydrogens (tertiary/aromatic N) is 1. The Morgan fingerprint density at radius 2 is 1.95 bits per heavy atom. The normalized spacial score (nSPS) is 11.2. The summed E-state index contributed by atoms with van der Waals surface area (Å²) in [5.74, 6) is 0.398. The van der Waals surface area contributed by atoms with E-state index in [2.05, 4.69) is 10.3 Å². The predicted octanol–water partition coefficient (Wildman–Crippen LogP) is 3.20. The molecule has 1 aromatic heterocycles. The van der Waals surface area contributed by atoms with Crippen LogP contribution in [-0.4, -0.2) is 15.9 Å². The number of thiocarbonyl (C=S) groups is 1. The molecule has 0 atom stereocenters. The Hall–Kier alpha value is -1.49. The molecule has 0 aliphatic heterocycles. The lowest BCUT2D eigenvalue weighted by Crippen LogP contribution is -2.46. The molecule has 0 unspecified atom stereocenters. The molecule has 4 nitrogen and oxygen atoms in total. The molecule has 1 amide bonds. The minimum atomic E-state index is -0.774. The number of rotatable bonds is 7. The first-order chi connectivity index (χ1) is 9.46. The average molecular weight is 293 g/mol. The first-order valence-electron chi connectivity index (χ1n) is 7.01. The second kappa shape index (κ2) is 7.33. The molecule has 0 aliphatic carbocycles. The van der Waals surface area contributed by atoms with Crippen LogP contribution in [0.4, 0.5) is 5.82 Å². The van der Waals surface area contributed by atoms with Gasteiger partial charge in [-0.2, -0.15) is 0 Å². The van der Waals surface area contributed by atoms with E-state index < -0.39 is 5.41 Å². The van der Waals surface area contributed by atoms with Gasteiger partial charge < -0.3 is 11.1 Å². The molecule has 1 rings (SSSR count). The second-order valence-electron chi connectivity index (χ2n) is 5.06. The van der Waals surface area contributed by atoms with E-state index in [1.54, 1.807) is 6.07 Å². The van der Waals surface area contributed by atoms with Gasteiger partial charge in [-0.15, -0.1) is 0 Å². The quantitative estimate of drug-likeness (QED) is 0.758. The smallest absolute Gasteiger partial charge is 0.238 e. The van der Waals surface area contributed by atoms with E-state index in [1.165, 1.54) is 0 Å². The number of carbonyl (C=O) groups excluding carboxylic acids is 1. The van der Waals surface area contributed by atoms with Gasteiger partial charge in [0.15, 0.2) is 0 Å². The van der Waals surface area contributed by atoms with Crippen molar-refractivity contribution < 1.29 is 4.79 Å². The van der Waals surface area contributed by atoms with Gasteiger partial charge in [0.1, 0.15) is 5.82 Å². The molecule has 110 valence electrons. The third kappa shape index (κ3) is 3.76. The Kier molecular flexibility index (Phi) is 6.07. The summed E-state index contributed by atoms with van der Waals surface area (Å²) in [7, 11) is 0. The van der Waals surface area contributed by atoms with Gasteiger partial charge >= 0.3 is 0 Å². The minimum absolute atomic E-state index is 0.146. The Morgan fingerprint density at radius 3 is 2.40 bits per heavy atom. The number of nitrogens with one attached hydrogen (secondary N) is 1. The van der Waals surface area contributed by atoms with E-state index in [0.717, 1.165) is 18.5 Å². The molecule has 1 aromatic rings. The number of hydrogen-bond acceptors (Lipinski definition) is 3. The number of hydrogen-bond donors (Lipinski definition) is 2. The van der Waals surface area contributed by atoms with Gasteiger partial charge in [-0.25, -0.2) is 4.98 Å². The van der Waals surface area contributed by atoms with Gasteiger partial charge in [0.25, 0.3) is 0 Å². The highest BCUT2D eigenvalue weighted by Gasteiger charge is 2.39. The fourth-order valence-corrected chi connectivity index (χ4v) is 2.71. The number of nitrogens with two attached hydrogens (primary N) is 1. The Morgan fingerprint density at radius 1 is 1.35 bits per heavy atom. The van der Waals surface area contributed by atoms with Gasteiger partial charge in [0.2, 0.25) is 5.91 Å². The Balaban J connectivity index is 3.01. The van der Waals surface area contributed by atoms with Crippen molar-refractivity contribution in [2.45, 2.75) is 46.5 Å². The van der Waals surface area contributed by atoms with Crippen LogP contribution in [0.1, 0.15) is 45.2 Å². The molecule has 20 heavy (non-hydrogen) atoms. The maximum atomic E-state index is 12.6. The van der Waals surface area contributed by atoms with Crippen molar-refractivity contribution in [2.75, 3.05) is 5.32 Å². The Bertz CT molecular complexity index is 482. The number of amides is 1. The van der Waals surface area contributed by atoms with Gasteiger partial charge in [-0.1, -0.05) is 45.0 Å². The summed E-state index contributed by atoms with van der Waals surface area (Å²) >= 11 is 5.17. The highest BCUT2D eigenvalue weighted by Crippen LogP contribution is 2.32. The summed E-state index contributed by atoms with van der Waals surface area (Å²) in [6.45, 7) is 5.94. The van der Waals surface area contributed by atoms with Crippen LogP contribution < -0.4 is 11.1 Å². The molecule has 0 aliphatic rings. The van der Waals surface area contributed by atoms with Crippen molar-refractivity contribution in [2.24, 2.45) is 11.1 Å². The van der Waals surface area contributed by atoms with E-state index >= 15 is 0 Å². The summed E-state index contributed by atoms with van der Waals surface area (Å²) in [6, 6.07) is 5.52. The molecule has 0 saturated heterocycles. The number of carbonyl (C=O) groups is 1. The van der Waals surface area contributed by atoms with Crippen LogP contribution >= 0.6 is 12.2 Å². The number of aryl methyl sites for hydroxylation is 1. The molecular formula is C15H23N3OS. The first kappa shape index (κ1) is 16.6. The molecule has 0 saturated carbocycles. The first-order valence-corrected chi connectivity index (χ1v) is 7.42. The summed E-state index contributed by atoms with van der Waals surface area (Å²) in [5.41, 5.74) is 5.96. The van der Waals surface area contributed by atoms with E-state index in [4.69, 9.17) is 18.0 Å². The van der Waals surface area contributed by atoms with Crippen molar-refractivity contribution in [3.8, 4) is 0 Å². The summed E-state index contributed by atoms with van der Waals surface area (Å²) < 4.78 is 0. The largest absolute Gasteiger partial charge is 0.392 e. The van der Waals surface area contributed by atoms with Crippen molar-refractivity contribution in [1.82, 2.24) is 4.98 Å². The molecular weight excluding hydrogens is 270 g/mol. The average Bonchev–Trinajstić information content (AvgIpc) is 2.37. The molecule has 3 N–H and O–H groups in total. The maximum absolute atomic E-state index is 12.6. The summed E-state index contributed by atoms with van der Waals surface area (Å²) in [4.78, 5) is 17.2. The van der Waals surface area contributed by atoms with Crippen molar-refractivity contribution in [3.63, 3.8) is 0 Å².